The van der Waals surface area contributed by atoms with Gasteiger partial charge in [0.05, 0.1) is 0 Å². The van der Waals surface area contributed by atoms with Crippen LogP contribution < -0.4 is 5.32 Å². The Morgan fingerprint density at radius 1 is 1.17 bits per heavy atom. The molecule has 1 atom stereocenters. The highest BCUT2D eigenvalue weighted by Gasteiger charge is 2.23. The van der Waals surface area contributed by atoms with Gasteiger partial charge in [-0.25, -0.2) is 0 Å². The number of H-pyrrole nitrogens is 1. The van der Waals surface area contributed by atoms with E-state index in [9.17, 15) is 0 Å². The minimum absolute atomic E-state index is 0.405. The van der Waals surface area contributed by atoms with Crippen molar-refractivity contribution < 1.29 is 0 Å². The molecule has 0 amide bonds. The highest BCUT2D eigenvalue weighted by atomic mass is 35.5. The molecule has 2 N–H and O–H groups in total. The lowest BCUT2D eigenvalue weighted by Crippen LogP contribution is -2.24. The van der Waals surface area contributed by atoms with Gasteiger partial charge in [0.25, 0.3) is 0 Å². The molecule has 0 radical (unpaired) electrons. The molecule has 4 rings (SSSR count). The third-order valence-electron chi connectivity index (χ3n) is 4.83. The summed E-state index contributed by atoms with van der Waals surface area (Å²) in [5.41, 5.74) is 6.75. The van der Waals surface area contributed by atoms with E-state index in [1.807, 2.05) is 12.1 Å². The molecular formula is C20H21ClN2. The van der Waals surface area contributed by atoms with Crippen LogP contribution in [0.2, 0.25) is 5.02 Å². The lowest BCUT2D eigenvalue weighted by Gasteiger charge is -2.24. The number of benzene rings is 2. The van der Waals surface area contributed by atoms with Gasteiger partial charge in [-0.15, -0.1) is 0 Å². The van der Waals surface area contributed by atoms with Crippen LogP contribution in [0.5, 0.6) is 0 Å². The first-order chi connectivity index (χ1) is 11.2. The van der Waals surface area contributed by atoms with E-state index in [0.717, 1.165) is 11.6 Å². The Hall–Kier alpha value is -1.77. The number of fused-ring (bicyclic) bond motifs is 3. The van der Waals surface area contributed by atoms with Crippen LogP contribution in [0.1, 0.15) is 41.3 Å². The number of aromatic nitrogens is 1. The second-order valence-electron chi connectivity index (χ2n) is 6.52. The SMILES string of the molecule is Cc1ccc2[nH]c3c(c2c1)CCC[C@@H]3NCc1ccc(Cl)cc1. The Balaban J connectivity index is 1.60. The van der Waals surface area contributed by atoms with Gasteiger partial charge in [0.2, 0.25) is 0 Å². The maximum absolute atomic E-state index is 5.96. The van der Waals surface area contributed by atoms with Crippen molar-refractivity contribution in [2.45, 2.75) is 38.8 Å². The highest BCUT2D eigenvalue weighted by Crippen LogP contribution is 2.35. The van der Waals surface area contributed by atoms with Crippen LogP contribution in [0, 0.1) is 6.92 Å². The lowest BCUT2D eigenvalue weighted by molar-refractivity contribution is 0.452. The maximum atomic E-state index is 5.96. The first kappa shape index (κ1) is 14.8. The molecule has 1 aliphatic carbocycles. The van der Waals surface area contributed by atoms with Crippen molar-refractivity contribution in [1.29, 1.82) is 0 Å². The predicted octanol–water partition coefficient (Wildman–Crippen LogP) is 5.30. The monoisotopic (exact) mass is 324 g/mol. The van der Waals surface area contributed by atoms with E-state index in [1.54, 1.807) is 0 Å². The van der Waals surface area contributed by atoms with Gasteiger partial charge < -0.3 is 10.3 Å². The summed E-state index contributed by atoms with van der Waals surface area (Å²) >= 11 is 5.96. The third kappa shape index (κ3) is 2.89. The average molecular weight is 325 g/mol. The van der Waals surface area contributed by atoms with Crippen molar-refractivity contribution in [3.8, 4) is 0 Å². The molecule has 1 aromatic heterocycles. The fourth-order valence-electron chi connectivity index (χ4n) is 3.62. The van der Waals surface area contributed by atoms with Gasteiger partial charge >= 0.3 is 0 Å². The molecular weight excluding hydrogens is 304 g/mol. The molecule has 0 saturated heterocycles. The fourth-order valence-corrected chi connectivity index (χ4v) is 3.75. The summed E-state index contributed by atoms with van der Waals surface area (Å²) in [4.78, 5) is 3.66. The van der Waals surface area contributed by atoms with Crippen molar-refractivity contribution in [3.63, 3.8) is 0 Å². The van der Waals surface area contributed by atoms with E-state index < -0.39 is 0 Å². The van der Waals surface area contributed by atoms with Gasteiger partial charge in [0.1, 0.15) is 0 Å². The zero-order valence-corrected chi connectivity index (χ0v) is 14.1. The summed E-state index contributed by atoms with van der Waals surface area (Å²) in [7, 11) is 0. The van der Waals surface area contributed by atoms with Crippen molar-refractivity contribution in [1.82, 2.24) is 10.3 Å². The molecule has 2 aromatic carbocycles. The number of hydrogen-bond acceptors (Lipinski definition) is 1. The number of aryl methyl sites for hydroxylation is 2. The number of rotatable bonds is 3. The second-order valence-corrected chi connectivity index (χ2v) is 6.95. The first-order valence-electron chi connectivity index (χ1n) is 8.29. The minimum atomic E-state index is 0.405. The van der Waals surface area contributed by atoms with Crippen molar-refractivity contribution in [3.05, 3.63) is 69.9 Å². The predicted molar refractivity (Wildman–Crippen MR) is 97.0 cm³/mol. The molecule has 3 heteroatoms. The van der Waals surface area contributed by atoms with E-state index in [4.69, 9.17) is 11.6 Å². The van der Waals surface area contributed by atoms with Gasteiger partial charge in [-0.05, 0) is 61.6 Å². The zero-order valence-electron chi connectivity index (χ0n) is 13.3. The van der Waals surface area contributed by atoms with Crippen LogP contribution >= 0.6 is 11.6 Å². The molecule has 0 saturated carbocycles. The first-order valence-corrected chi connectivity index (χ1v) is 8.67. The molecule has 0 bridgehead atoms. The molecule has 3 aromatic rings. The molecule has 0 spiro atoms. The van der Waals surface area contributed by atoms with E-state index in [2.05, 4.69) is 47.6 Å². The smallest absolute Gasteiger partial charge is 0.0478 e. The fraction of sp³-hybridized carbons (Fsp3) is 0.300. The summed E-state index contributed by atoms with van der Waals surface area (Å²) in [5.74, 6) is 0. The molecule has 0 unspecified atom stereocenters. The zero-order chi connectivity index (χ0) is 15.8. The standard InChI is InChI=1S/C20H21ClN2/c1-13-5-10-18-17(11-13)16-3-2-4-19(20(16)23-18)22-12-14-6-8-15(21)9-7-14/h5-11,19,22-23H,2-4,12H2,1H3/t19-/m0/s1. The van der Waals surface area contributed by atoms with Gasteiger partial charge in [0, 0.05) is 34.2 Å². The number of hydrogen-bond donors (Lipinski definition) is 2. The summed E-state index contributed by atoms with van der Waals surface area (Å²) in [6.07, 6.45) is 3.61. The molecule has 1 aliphatic rings. The van der Waals surface area contributed by atoms with Crippen LogP contribution in [0.4, 0.5) is 0 Å². The van der Waals surface area contributed by atoms with E-state index in [1.165, 1.54) is 52.5 Å². The average Bonchev–Trinajstić information content (AvgIpc) is 2.93. The third-order valence-corrected chi connectivity index (χ3v) is 5.08. The Kier molecular flexibility index (Phi) is 3.88. The molecule has 0 fully saturated rings. The van der Waals surface area contributed by atoms with E-state index in [0.29, 0.717) is 6.04 Å². The lowest BCUT2D eigenvalue weighted by atomic mass is 9.91. The number of nitrogens with one attached hydrogen (secondary N) is 2. The molecule has 1 heterocycles. The van der Waals surface area contributed by atoms with Gasteiger partial charge in [-0.1, -0.05) is 35.4 Å². The summed E-state index contributed by atoms with van der Waals surface area (Å²) < 4.78 is 0. The van der Waals surface area contributed by atoms with E-state index >= 15 is 0 Å². The van der Waals surface area contributed by atoms with Gasteiger partial charge in [-0.3, -0.25) is 0 Å². The van der Waals surface area contributed by atoms with Crippen molar-refractivity contribution >= 4 is 22.5 Å². The van der Waals surface area contributed by atoms with Gasteiger partial charge in [-0.2, -0.15) is 0 Å². The second kappa shape index (κ2) is 6.03. The Bertz CT molecular complexity index is 833. The van der Waals surface area contributed by atoms with Crippen LogP contribution in [0.3, 0.4) is 0 Å². The Morgan fingerprint density at radius 3 is 2.83 bits per heavy atom. The summed E-state index contributed by atoms with van der Waals surface area (Å²) in [6, 6.07) is 15.2. The molecule has 23 heavy (non-hydrogen) atoms. The summed E-state index contributed by atoms with van der Waals surface area (Å²) in [6.45, 7) is 3.04. The number of halogens is 1. The van der Waals surface area contributed by atoms with Crippen molar-refractivity contribution in [2.75, 3.05) is 0 Å². The minimum Gasteiger partial charge on any atom is -0.357 e. The van der Waals surface area contributed by atoms with Crippen LogP contribution in [-0.2, 0) is 13.0 Å². The number of aromatic amines is 1. The molecule has 0 aliphatic heterocycles. The normalized spacial score (nSPS) is 17.4. The summed E-state index contributed by atoms with van der Waals surface area (Å²) in [5, 5.41) is 5.91. The molecule has 2 nitrogen and oxygen atoms in total. The Labute approximate surface area is 141 Å². The quantitative estimate of drug-likeness (QED) is 0.672. The van der Waals surface area contributed by atoms with Gasteiger partial charge in [0.15, 0.2) is 0 Å². The van der Waals surface area contributed by atoms with Crippen molar-refractivity contribution in [2.24, 2.45) is 0 Å². The molecule has 118 valence electrons. The Morgan fingerprint density at radius 2 is 2.00 bits per heavy atom. The van der Waals surface area contributed by atoms with E-state index in [-0.39, 0.29) is 0 Å². The van der Waals surface area contributed by atoms with Crippen LogP contribution in [0.15, 0.2) is 42.5 Å². The highest BCUT2D eigenvalue weighted by molar-refractivity contribution is 6.30. The largest absolute Gasteiger partial charge is 0.357 e. The topological polar surface area (TPSA) is 27.8 Å². The van der Waals surface area contributed by atoms with Crippen LogP contribution in [0.25, 0.3) is 10.9 Å². The van der Waals surface area contributed by atoms with Crippen LogP contribution in [-0.4, -0.2) is 4.98 Å². The maximum Gasteiger partial charge on any atom is 0.0478 e.